The van der Waals surface area contributed by atoms with Gasteiger partial charge < -0.3 is 10.5 Å². The van der Waals surface area contributed by atoms with Crippen molar-refractivity contribution in [3.05, 3.63) is 0 Å². The van der Waals surface area contributed by atoms with Crippen molar-refractivity contribution in [2.24, 2.45) is 17.6 Å². The third-order valence-corrected chi connectivity index (χ3v) is 3.15. The van der Waals surface area contributed by atoms with E-state index in [0.717, 1.165) is 13.0 Å². The largest absolute Gasteiger partial charge is 0.363 e. The van der Waals surface area contributed by atoms with E-state index < -0.39 is 0 Å². The average molecular weight is 196 g/mol. The van der Waals surface area contributed by atoms with E-state index in [-0.39, 0.29) is 6.10 Å². The van der Waals surface area contributed by atoms with Crippen LogP contribution in [0.5, 0.6) is 0 Å². The minimum atomic E-state index is -0.228. The van der Waals surface area contributed by atoms with Gasteiger partial charge >= 0.3 is 0 Å². The summed E-state index contributed by atoms with van der Waals surface area (Å²) in [5.41, 5.74) is 5.68. The zero-order chi connectivity index (χ0) is 10.4. The van der Waals surface area contributed by atoms with Crippen LogP contribution in [0.4, 0.5) is 0 Å². The van der Waals surface area contributed by atoms with Crippen LogP contribution in [0, 0.1) is 23.2 Å². The molecule has 0 aliphatic heterocycles. The predicted octanol–water partition coefficient (Wildman–Crippen LogP) is 1.68. The SMILES string of the molecule is CCC(C#N)OCC1CCCC1CN. The molecular formula is C11H20N2O. The number of nitriles is 1. The number of ether oxygens (including phenoxy) is 1. The van der Waals surface area contributed by atoms with Gasteiger partial charge in [-0.25, -0.2) is 0 Å². The number of hydrogen-bond acceptors (Lipinski definition) is 3. The minimum Gasteiger partial charge on any atom is -0.363 e. The highest BCUT2D eigenvalue weighted by atomic mass is 16.5. The second-order valence-electron chi connectivity index (χ2n) is 4.05. The Hall–Kier alpha value is -0.590. The van der Waals surface area contributed by atoms with Crippen molar-refractivity contribution in [2.45, 2.75) is 38.7 Å². The van der Waals surface area contributed by atoms with E-state index >= 15 is 0 Å². The third kappa shape index (κ3) is 2.97. The Balaban J connectivity index is 2.26. The van der Waals surface area contributed by atoms with E-state index in [1.165, 1.54) is 19.3 Å². The van der Waals surface area contributed by atoms with Crippen molar-refractivity contribution in [3.8, 4) is 6.07 Å². The van der Waals surface area contributed by atoms with E-state index in [9.17, 15) is 0 Å². The van der Waals surface area contributed by atoms with Crippen LogP contribution in [0.3, 0.4) is 0 Å². The zero-order valence-corrected chi connectivity index (χ0v) is 8.91. The van der Waals surface area contributed by atoms with Crippen molar-refractivity contribution in [2.75, 3.05) is 13.2 Å². The molecular weight excluding hydrogens is 176 g/mol. The van der Waals surface area contributed by atoms with Gasteiger partial charge in [0, 0.05) is 0 Å². The molecule has 0 saturated heterocycles. The van der Waals surface area contributed by atoms with E-state index in [1.54, 1.807) is 0 Å². The number of nitrogens with two attached hydrogens (primary N) is 1. The molecule has 1 saturated carbocycles. The smallest absolute Gasteiger partial charge is 0.143 e. The first-order valence-corrected chi connectivity index (χ1v) is 5.53. The minimum absolute atomic E-state index is 0.228. The second-order valence-corrected chi connectivity index (χ2v) is 4.05. The number of nitrogens with zero attached hydrogens (tertiary/aromatic N) is 1. The molecule has 1 aliphatic carbocycles. The van der Waals surface area contributed by atoms with E-state index in [4.69, 9.17) is 15.7 Å². The van der Waals surface area contributed by atoms with Gasteiger partial charge in [-0.2, -0.15) is 5.26 Å². The maximum absolute atomic E-state index is 8.72. The maximum Gasteiger partial charge on any atom is 0.143 e. The fraction of sp³-hybridized carbons (Fsp3) is 0.909. The monoisotopic (exact) mass is 196 g/mol. The normalized spacial score (nSPS) is 28.6. The molecule has 0 aromatic heterocycles. The lowest BCUT2D eigenvalue weighted by atomic mass is 9.97. The van der Waals surface area contributed by atoms with Crippen LogP contribution in [0.1, 0.15) is 32.6 Å². The third-order valence-electron chi connectivity index (χ3n) is 3.15. The van der Waals surface area contributed by atoms with Crippen LogP contribution < -0.4 is 5.73 Å². The van der Waals surface area contributed by atoms with Gasteiger partial charge in [0.25, 0.3) is 0 Å². The van der Waals surface area contributed by atoms with Gasteiger partial charge in [-0.1, -0.05) is 13.3 Å². The molecule has 3 atom stereocenters. The first kappa shape index (κ1) is 11.5. The molecule has 0 spiro atoms. The van der Waals surface area contributed by atoms with Gasteiger partial charge in [0.15, 0.2) is 0 Å². The Bertz CT molecular complexity index is 200. The summed E-state index contributed by atoms with van der Waals surface area (Å²) in [6.45, 7) is 3.45. The molecule has 0 aromatic rings. The van der Waals surface area contributed by atoms with Gasteiger partial charge in [-0.15, -0.1) is 0 Å². The molecule has 1 aliphatic rings. The maximum atomic E-state index is 8.72. The average Bonchev–Trinajstić information content (AvgIpc) is 2.67. The summed E-state index contributed by atoms with van der Waals surface area (Å²) in [5, 5.41) is 8.72. The number of hydrogen-bond donors (Lipinski definition) is 1. The van der Waals surface area contributed by atoms with Crippen molar-refractivity contribution >= 4 is 0 Å². The van der Waals surface area contributed by atoms with Gasteiger partial charge in [-0.05, 0) is 37.6 Å². The molecule has 3 nitrogen and oxygen atoms in total. The van der Waals surface area contributed by atoms with E-state index in [1.807, 2.05) is 6.92 Å². The van der Waals surface area contributed by atoms with Crippen LogP contribution >= 0.6 is 0 Å². The summed E-state index contributed by atoms with van der Waals surface area (Å²) < 4.78 is 5.54. The molecule has 3 unspecified atom stereocenters. The summed E-state index contributed by atoms with van der Waals surface area (Å²) in [6, 6.07) is 2.16. The van der Waals surface area contributed by atoms with Gasteiger partial charge in [0.2, 0.25) is 0 Å². The van der Waals surface area contributed by atoms with E-state index in [0.29, 0.717) is 18.4 Å². The molecule has 0 heterocycles. The predicted molar refractivity (Wildman–Crippen MR) is 55.5 cm³/mol. The van der Waals surface area contributed by atoms with Crippen molar-refractivity contribution < 1.29 is 4.74 Å². The highest BCUT2D eigenvalue weighted by Gasteiger charge is 2.26. The summed E-state index contributed by atoms with van der Waals surface area (Å²) in [5.74, 6) is 1.20. The molecule has 1 fully saturated rings. The first-order valence-electron chi connectivity index (χ1n) is 5.53. The highest BCUT2D eigenvalue weighted by molar-refractivity contribution is 4.84. The van der Waals surface area contributed by atoms with Crippen molar-refractivity contribution in [1.29, 1.82) is 5.26 Å². The lowest BCUT2D eigenvalue weighted by Crippen LogP contribution is -2.24. The fourth-order valence-electron chi connectivity index (χ4n) is 2.13. The lowest BCUT2D eigenvalue weighted by molar-refractivity contribution is 0.0497. The van der Waals surface area contributed by atoms with Gasteiger partial charge in [-0.3, -0.25) is 0 Å². The van der Waals surface area contributed by atoms with Crippen molar-refractivity contribution in [3.63, 3.8) is 0 Å². The van der Waals surface area contributed by atoms with Crippen LogP contribution in [0.2, 0.25) is 0 Å². The molecule has 0 radical (unpaired) electrons. The zero-order valence-electron chi connectivity index (χ0n) is 8.91. The summed E-state index contributed by atoms with van der Waals surface area (Å²) in [6.07, 6.45) is 4.25. The molecule has 2 N–H and O–H groups in total. The fourth-order valence-corrected chi connectivity index (χ4v) is 2.13. The molecule has 80 valence electrons. The Labute approximate surface area is 86.2 Å². The van der Waals surface area contributed by atoms with Crippen LogP contribution in [0.25, 0.3) is 0 Å². The summed E-state index contributed by atoms with van der Waals surface area (Å²) >= 11 is 0. The summed E-state index contributed by atoms with van der Waals surface area (Å²) in [7, 11) is 0. The van der Waals surface area contributed by atoms with Gasteiger partial charge in [0.05, 0.1) is 12.7 Å². The topological polar surface area (TPSA) is 59.0 Å². The van der Waals surface area contributed by atoms with E-state index in [2.05, 4.69) is 6.07 Å². The Kier molecular flexibility index (Phi) is 4.92. The molecule has 14 heavy (non-hydrogen) atoms. The van der Waals surface area contributed by atoms with Gasteiger partial charge in [0.1, 0.15) is 6.10 Å². The lowest BCUT2D eigenvalue weighted by Gasteiger charge is -2.19. The van der Waals surface area contributed by atoms with Crippen LogP contribution in [-0.4, -0.2) is 19.3 Å². The van der Waals surface area contributed by atoms with Crippen LogP contribution in [-0.2, 0) is 4.74 Å². The summed E-state index contributed by atoms with van der Waals surface area (Å²) in [4.78, 5) is 0. The van der Waals surface area contributed by atoms with Crippen molar-refractivity contribution in [1.82, 2.24) is 0 Å². The molecule has 0 bridgehead atoms. The highest BCUT2D eigenvalue weighted by Crippen LogP contribution is 2.31. The molecule has 0 aromatic carbocycles. The quantitative estimate of drug-likeness (QED) is 0.727. The number of rotatable bonds is 5. The Morgan fingerprint density at radius 3 is 2.79 bits per heavy atom. The van der Waals surface area contributed by atoms with Crippen LogP contribution in [0.15, 0.2) is 0 Å². The molecule has 1 rings (SSSR count). The Morgan fingerprint density at radius 2 is 2.21 bits per heavy atom. The standard InChI is InChI=1S/C11H20N2O/c1-2-11(7-13)14-8-10-5-3-4-9(10)6-12/h9-11H,2-6,8,12H2,1H3. The first-order chi connectivity index (χ1) is 6.81. The Morgan fingerprint density at radius 1 is 1.50 bits per heavy atom. The molecule has 0 amide bonds. The second kappa shape index (κ2) is 6.00. The molecule has 3 heteroatoms.